The molecule has 17 heavy (non-hydrogen) atoms. The Kier molecular flexibility index (Phi) is 5.15. The molecule has 0 aromatic carbocycles. The predicted molar refractivity (Wildman–Crippen MR) is 67.8 cm³/mol. The highest BCUT2D eigenvalue weighted by Gasteiger charge is 2.13. The van der Waals surface area contributed by atoms with Crippen LogP contribution in [0.2, 0.25) is 0 Å². The second-order valence-electron chi connectivity index (χ2n) is 4.23. The second-order valence-corrected chi connectivity index (χ2v) is 4.23. The molecule has 1 rings (SSSR count). The average Bonchev–Trinajstić information content (AvgIpc) is 2.70. The first kappa shape index (κ1) is 13.7. The van der Waals surface area contributed by atoms with Crippen molar-refractivity contribution in [2.75, 3.05) is 6.54 Å². The summed E-state index contributed by atoms with van der Waals surface area (Å²) in [6, 6.07) is 0.162. The van der Waals surface area contributed by atoms with Crippen molar-refractivity contribution in [2.45, 2.75) is 39.2 Å². The molecule has 0 saturated heterocycles. The third kappa shape index (κ3) is 3.85. The molecule has 1 unspecified atom stereocenters. The van der Waals surface area contributed by atoms with E-state index in [2.05, 4.69) is 10.4 Å². The van der Waals surface area contributed by atoms with Crippen LogP contribution in [0, 0.1) is 0 Å². The molecule has 1 aromatic heterocycles. The van der Waals surface area contributed by atoms with Crippen molar-refractivity contribution in [3.63, 3.8) is 0 Å². The lowest BCUT2D eigenvalue weighted by molar-refractivity contribution is 0.0951. The summed E-state index contributed by atoms with van der Waals surface area (Å²) in [5, 5.41) is 7.12. The Morgan fingerprint density at radius 3 is 2.88 bits per heavy atom. The number of hydrogen-bond donors (Lipinski definition) is 2. The minimum atomic E-state index is -0.0572. The van der Waals surface area contributed by atoms with E-state index in [9.17, 15) is 4.79 Å². The lowest BCUT2D eigenvalue weighted by Gasteiger charge is -2.09. The summed E-state index contributed by atoms with van der Waals surface area (Å²) in [6.07, 6.45) is 4.26. The van der Waals surface area contributed by atoms with E-state index in [1.165, 1.54) is 0 Å². The SMILES string of the molecule is CCc1nn(C)cc1C(=O)NCCC(N)CC. The van der Waals surface area contributed by atoms with Crippen molar-refractivity contribution >= 4 is 5.91 Å². The molecule has 0 fully saturated rings. The highest BCUT2D eigenvalue weighted by atomic mass is 16.1. The van der Waals surface area contributed by atoms with E-state index in [0.29, 0.717) is 12.1 Å². The van der Waals surface area contributed by atoms with Crippen LogP contribution in [-0.4, -0.2) is 28.3 Å². The molecule has 0 aliphatic carbocycles. The van der Waals surface area contributed by atoms with Gasteiger partial charge in [0.2, 0.25) is 0 Å². The number of carbonyl (C=O) groups excluding carboxylic acids is 1. The average molecular weight is 238 g/mol. The molecule has 1 aromatic rings. The molecule has 0 bridgehead atoms. The number of aryl methyl sites for hydroxylation is 2. The van der Waals surface area contributed by atoms with Gasteiger partial charge in [-0.25, -0.2) is 0 Å². The Balaban J connectivity index is 2.52. The van der Waals surface area contributed by atoms with Crippen LogP contribution >= 0.6 is 0 Å². The third-order valence-electron chi connectivity index (χ3n) is 2.81. The number of aromatic nitrogens is 2. The normalized spacial score (nSPS) is 12.5. The van der Waals surface area contributed by atoms with Crippen molar-refractivity contribution in [1.29, 1.82) is 0 Å². The summed E-state index contributed by atoms with van der Waals surface area (Å²) in [5.74, 6) is -0.0572. The highest BCUT2D eigenvalue weighted by Crippen LogP contribution is 2.06. The quantitative estimate of drug-likeness (QED) is 0.771. The van der Waals surface area contributed by atoms with Crippen LogP contribution in [0.3, 0.4) is 0 Å². The molecule has 1 atom stereocenters. The monoisotopic (exact) mass is 238 g/mol. The lowest BCUT2D eigenvalue weighted by Crippen LogP contribution is -2.30. The molecule has 0 aliphatic heterocycles. The van der Waals surface area contributed by atoms with Crippen LogP contribution in [0.25, 0.3) is 0 Å². The first-order valence-corrected chi connectivity index (χ1v) is 6.14. The van der Waals surface area contributed by atoms with Gasteiger partial charge in [0.25, 0.3) is 5.91 Å². The summed E-state index contributed by atoms with van der Waals surface area (Å²) in [4.78, 5) is 11.9. The van der Waals surface area contributed by atoms with E-state index in [0.717, 1.165) is 25.0 Å². The topological polar surface area (TPSA) is 72.9 Å². The molecule has 0 radical (unpaired) electrons. The largest absolute Gasteiger partial charge is 0.352 e. The molecule has 3 N–H and O–H groups in total. The van der Waals surface area contributed by atoms with Crippen LogP contribution in [0.5, 0.6) is 0 Å². The van der Waals surface area contributed by atoms with Gasteiger partial charge in [0.1, 0.15) is 0 Å². The van der Waals surface area contributed by atoms with Gasteiger partial charge in [0.05, 0.1) is 11.3 Å². The minimum absolute atomic E-state index is 0.0572. The van der Waals surface area contributed by atoms with E-state index in [4.69, 9.17) is 5.73 Å². The number of rotatable bonds is 6. The van der Waals surface area contributed by atoms with Crippen molar-refractivity contribution in [2.24, 2.45) is 12.8 Å². The van der Waals surface area contributed by atoms with Gasteiger partial charge in [-0.15, -0.1) is 0 Å². The standard InChI is InChI=1S/C12H22N4O/c1-4-9(13)6-7-14-12(17)10-8-16(3)15-11(10)5-2/h8-9H,4-7,13H2,1-3H3,(H,14,17). The second kappa shape index (κ2) is 6.39. The zero-order valence-electron chi connectivity index (χ0n) is 10.9. The summed E-state index contributed by atoms with van der Waals surface area (Å²) in [5.41, 5.74) is 7.29. The maximum absolute atomic E-state index is 11.9. The molecule has 1 amide bonds. The maximum atomic E-state index is 11.9. The Morgan fingerprint density at radius 1 is 1.59 bits per heavy atom. The van der Waals surface area contributed by atoms with Gasteiger partial charge < -0.3 is 11.1 Å². The first-order valence-electron chi connectivity index (χ1n) is 6.14. The van der Waals surface area contributed by atoms with Crippen LogP contribution in [0.15, 0.2) is 6.20 Å². The molecule has 1 heterocycles. The number of hydrogen-bond acceptors (Lipinski definition) is 3. The van der Waals surface area contributed by atoms with Crippen molar-refractivity contribution in [1.82, 2.24) is 15.1 Å². The van der Waals surface area contributed by atoms with Crippen LogP contribution in [0.1, 0.15) is 42.7 Å². The number of nitrogens with two attached hydrogens (primary N) is 1. The number of nitrogens with one attached hydrogen (secondary N) is 1. The van der Waals surface area contributed by atoms with E-state index in [-0.39, 0.29) is 11.9 Å². The van der Waals surface area contributed by atoms with Crippen LogP contribution in [-0.2, 0) is 13.5 Å². The van der Waals surface area contributed by atoms with Crippen molar-refractivity contribution in [3.8, 4) is 0 Å². The Morgan fingerprint density at radius 2 is 2.29 bits per heavy atom. The molecule has 5 heteroatoms. The third-order valence-corrected chi connectivity index (χ3v) is 2.81. The fraction of sp³-hybridized carbons (Fsp3) is 0.667. The first-order chi connectivity index (χ1) is 8.08. The number of carbonyl (C=O) groups is 1. The molecule has 5 nitrogen and oxygen atoms in total. The zero-order chi connectivity index (χ0) is 12.8. The molecule has 0 aliphatic rings. The van der Waals surface area contributed by atoms with E-state index in [1.807, 2.05) is 20.9 Å². The van der Waals surface area contributed by atoms with Gasteiger partial charge >= 0.3 is 0 Å². The van der Waals surface area contributed by atoms with Gasteiger partial charge in [-0.2, -0.15) is 5.10 Å². The van der Waals surface area contributed by atoms with Crippen LogP contribution in [0.4, 0.5) is 0 Å². The molecule has 0 saturated carbocycles. The summed E-state index contributed by atoms with van der Waals surface area (Å²) in [6.45, 7) is 4.65. The van der Waals surface area contributed by atoms with Crippen molar-refractivity contribution in [3.05, 3.63) is 17.5 Å². The van der Waals surface area contributed by atoms with E-state index in [1.54, 1.807) is 10.9 Å². The minimum Gasteiger partial charge on any atom is -0.352 e. The molecule has 96 valence electrons. The fourth-order valence-electron chi connectivity index (χ4n) is 1.66. The molecular formula is C12H22N4O. The van der Waals surface area contributed by atoms with E-state index >= 15 is 0 Å². The van der Waals surface area contributed by atoms with Gasteiger partial charge in [-0.1, -0.05) is 13.8 Å². The number of nitrogens with zero attached hydrogens (tertiary/aromatic N) is 2. The van der Waals surface area contributed by atoms with Crippen LogP contribution < -0.4 is 11.1 Å². The number of amides is 1. The lowest BCUT2D eigenvalue weighted by atomic mass is 10.1. The Labute approximate surface area is 102 Å². The summed E-state index contributed by atoms with van der Waals surface area (Å²) < 4.78 is 1.67. The Hall–Kier alpha value is -1.36. The highest BCUT2D eigenvalue weighted by molar-refractivity contribution is 5.95. The summed E-state index contributed by atoms with van der Waals surface area (Å²) >= 11 is 0. The summed E-state index contributed by atoms with van der Waals surface area (Å²) in [7, 11) is 1.82. The smallest absolute Gasteiger partial charge is 0.254 e. The molecular weight excluding hydrogens is 216 g/mol. The van der Waals surface area contributed by atoms with Crippen molar-refractivity contribution < 1.29 is 4.79 Å². The van der Waals surface area contributed by atoms with E-state index < -0.39 is 0 Å². The molecule has 0 spiro atoms. The van der Waals surface area contributed by atoms with Gasteiger partial charge in [-0.3, -0.25) is 9.48 Å². The zero-order valence-corrected chi connectivity index (χ0v) is 10.9. The van der Waals surface area contributed by atoms with Gasteiger partial charge in [-0.05, 0) is 19.3 Å². The maximum Gasteiger partial charge on any atom is 0.254 e. The Bertz CT molecular complexity index is 373. The predicted octanol–water partition coefficient (Wildman–Crippen LogP) is 0.840. The van der Waals surface area contributed by atoms with Gasteiger partial charge in [0, 0.05) is 25.8 Å². The fourth-order valence-corrected chi connectivity index (χ4v) is 1.66. The van der Waals surface area contributed by atoms with Gasteiger partial charge in [0.15, 0.2) is 0 Å².